The maximum atomic E-state index is 11.9. The highest BCUT2D eigenvalue weighted by Crippen LogP contribution is 2.14. The van der Waals surface area contributed by atoms with Gasteiger partial charge in [-0.25, -0.2) is 0 Å². The van der Waals surface area contributed by atoms with Gasteiger partial charge in [-0.15, -0.1) is 0 Å². The lowest BCUT2D eigenvalue weighted by Crippen LogP contribution is -2.02. The van der Waals surface area contributed by atoms with Crippen LogP contribution in [0.4, 0.5) is 0 Å². The standard InChI is InChI=1S/C21H18O5/c1-15(22)26-21-12-6-17(7-13-21)5-11-20(25)14-19(24)10-4-16-2-8-18(23)9-3-16/h2-13,23H,14H2,1H3/b10-4+,11-5+. The van der Waals surface area contributed by atoms with E-state index in [9.17, 15) is 19.5 Å². The molecular formula is C21H18O5. The van der Waals surface area contributed by atoms with E-state index in [4.69, 9.17) is 4.74 Å². The molecule has 0 spiro atoms. The van der Waals surface area contributed by atoms with Crippen molar-refractivity contribution in [1.82, 2.24) is 0 Å². The summed E-state index contributed by atoms with van der Waals surface area (Å²) >= 11 is 0. The lowest BCUT2D eigenvalue weighted by atomic mass is 10.1. The van der Waals surface area contributed by atoms with Gasteiger partial charge in [0.2, 0.25) is 0 Å². The molecule has 0 fully saturated rings. The predicted octanol–water partition coefficient (Wildman–Crippen LogP) is 3.57. The van der Waals surface area contributed by atoms with Crippen molar-refractivity contribution in [3.63, 3.8) is 0 Å². The van der Waals surface area contributed by atoms with Gasteiger partial charge in [0.15, 0.2) is 11.6 Å². The largest absolute Gasteiger partial charge is 0.508 e. The van der Waals surface area contributed by atoms with Crippen LogP contribution in [0, 0.1) is 0 Å². The highest BCUT2D eigenvalue weighted by Gasteiger charge is 2.04. The highest BCUT2D eigenvalue weighted by molar-refractivity contribution is 6.10. The van der Waals surface area contributed by atoms with E-state index in [1.165, 1.54) is 31.2 Å². The number of esters is 1. The number of hydrogen-bond donors (Lipinski definition) is 1. The first-order chi connectivity index (χ1) is 12.4. The summed E-state index contributed by atoms with van der Waals surface area (Å²) in [6.45, 7) is 1.32. The van der Waals surface area contributed by atoms with E-state index in [0.29, 0.717) is 5.75 Å². The number of phenols is 1. The van der Waals surface area contributed by atoms with Crippen molar-refractivity contribution in [1.29, 1.82) is 0 Å². The molecule has 0 amide bonds. The van der Waals surface area contributed by atoms with Crippen LogP contribution in [0.3, 0.4) is 0 Å². The van der Waals surface area contributed by atoms with Crippen LogP contribution in [-0.4, -0.2) is 22.6 Å². The molecule has 0 heterocycles. The van der Waals surface area contributed by atoms with Crippen LogP contribution in [0.5, 0.6) is 11.5 Å². The summed E-state index contributed by atoms with van der Waals surface area (Å²) in [6, 6.07) is 13.0. The minimum absolute atomic E-state index is 0.148. The average molecular weight is 350 g/mol. The van der Waals surface area contributed by atoms with Gasteiger partial charge in [0, 0.05) is 6.92 Å². The van der Waals surface area contributed by atoms with Crippen molar-refractivity contribution in [2.45, 2.75) is 13.3 Å². The zero-order chi connectivity index (χ0) is 18.9. The molecular weight excluding hydrogens is 332 g/mol. The van der Waals surface area contributed by atoms with E-state index in [1.54, 1.807) is 48.6 Å². The predicted molar refractivity (Wildman–Crippen MR) is 98.6 cm³/mol. The van der Waals surface area contributed by atoms with Gasteiger partial charge in [-0.1, -0.05) is 36.4 Å². The van der Waals surface area contributed by atoms with Crippen molar-refractivity contribution in [3.05, 3.63) is 71.8 Å². The second-order valence-electron chi connectivity index (χ2n) is 5.53. The molecule has 0 radical (unpaired) electrons. The molecule has 0 aliphatic rings. The fourth-order valence-electron chi connectivity index (χ4n) is 2.07. The van der Waals surface area contributed by atoms with Gasteiger partial charge in [-0.2, -0.15) is 0 Å². The number of allylic oxidation sites excluding steroid dienone is 2. The van der Waals surface area contributed by atoms with Crippen molar-refractivity contribution in [3.8, 4) is 11.5 Å². The number of hydrogen-bond acceptors (Lipinski definition) is 5. The van der Waals surface area contributed by atoms with Gasteiger partial charge in [-0.3, -0.25) is 14.4 Å². The van der Waals surface area contributed by atoms with Gasteiger partial charge >= 0.3 is 5.97 Å². The molecule has 5 nitrogen and oxygen atoms in total. The van der Waals surface area contributed by atoms with Gasteiger partial charge < -0.3 is 9.84 Å². The van der Waals surface area contributed by atoms with Gasteiger partial charge in [0.25, 0.3) is 0 Å². The number of aromatic hydroxyl groups is 1. The van der Waals surface area contributed by atoms with Crippen LogP contribution in [0.2, 0.25) is 0 Å². The summed E-state index contributed by atoms with van der Waals surface area (Å²) in [7, 11) is 0. The zero-order valence-corrected chi connectivity index (χ0v) is 14.2. The number of ketones is 2. The molecule has 1 N–H and O–H groups in total. The monoisotopic (exact) mass is 350 g/mol. The minimum Gasteiger partial charge on any atom is -0.508 e. The van der Waals surface area contributed by atoms with Crippen molar-refractivity contribution >= 4 is 29.7 Å². The topological polar surface area (TPSA) is 80.7 Å². The molecule has 0 atom stereocenters. The van der Waals surface area contributed by atoms with E-state index >= 15 is 0 Å². The average Bonchev–Trinajstić information content (AvgIpc) is 2.60. The molecule has 0 saturated heterocycles. The zero-order valence-electron chi connectivity index (χ0n) is 14.2. The lowest BCUT2D eigenvalue weighted by Gasteiger charge is -2.00. The third kappa shape index (κ3) is 6.57. The first-order valence-corrected chi connectivity index (χ1v) is 7.92. The molecule has 2 aromatic carbocycles. The van der Waals surface area contributed by atoms with Gasteiger partial charge in [-0.05, 0) is 47.5 Å². The number of phenolic OH excluding ortho intramolecular Hbond substituents is 1. The second kappa shape index (κ2) is 9.13. The van der Waals surface area contributed by atoms with Crippen LogP contribution < -0.4 is 4.74 Å². The summed E-state index contributed by atoms with van der Waals surface area (Å²) in [4.78, 5) is 34.5. The van der Waals surface area contributed by atoms with Crippen molar-refractivity contribution < 1.29 is 24.2 Å². The van der Waals surface area contributed by atoms with Gasteiger partial charge in [0.1, 0.15) is 11.5 Å². The van der Waals surface area contributed by atoms with Crippen LogP contribution in [0.15, 0.2) is 60.7 Å². The second-order valence-corrected chi connectivity index (χ2v) is 5.53. The van der Waals surface area contributed by atoms with E-state index in [-0.39, 0.29) is 23.7 Å². The van der Waals surface area contributed by atoms with E-state index < -0.39 is 5.97 Å². The lowest BCUT2D eigenvalue weighted by molar-refractivity contribution is -0.132. The first-order valence-electron chi connectivity index (χ1n) is 7.92. The minimum atomic E-state index is -0.401. The molecule has 0 bridgehead atoms. The summed E-state index contributed by atoms with van der Waals surface area (Å²) in [5, 5.41) is 9.19. The summed E-state index contributed by atoms with van der Waals surface area (Å²) in [5.74, 6) is -0.445. The Kier molecular flexibility index (Phi) is 6.62. The number of ether oxygens (including phenoxy) is 1. The molecule has 0 unspecified atom stereocenters. The maximum absolute atomic E-state index is 11.9. The normalized spacial score (nSPS) is 11.0. The summed E-state index contributed by atoms with van der Waals surface area (Å²) < 4.78 is 4.92. The number of benzene rings is 2. The Morgan fingerprint density at radius 2 is 1.31 bits per heavy atom. The molecule has 0 aliphatic heterocycles. The number of carbonyl (C=O) groups excluding carboxylic acids is 3. The number of rotatable bonds is 7. The van der Waals surface area contributed by atoms with E-state index in [2.05, 4.69) is 0 Å². The van der Waals surface area contributed by atoms with Crippen LogP contribution in [0.25, 0.3) is 12.2 Å². The number of carbonyl (C=O) groups is 3. The van der Waals surface area contributed by atoms with Crippen molar-refractivity contribution in [2.75, 3.05) is 0 Å². The quantitative estimate of drug-likeness (QED) is 0.357. The summed E-state index contributed by atoms with van der Waals surface area (Å²) in [5.41, 5.74) is 1.51. The molecule has 0 aromatic heterocycles. The van der Waals surface area contributed by atoms with Crippen LogP contribution >= 0.6 is 0 Å². The molecule has 2 rings (SSSR count). The van der Waals surface area contributed by atoms with Crippen LogP contribution in [0.1, 0.15) is 24.5 Å². The molecule has 5 heteroatoms. The maximum Gasteiger partial charge on any atom is 0.308 e. The smallest absolute Gasteiger partial charge is 0.308 e. The Balaban J connectivity index is 1.86. The van der Waals surface area contributed by atoms with E-state index in [1.807, 2.05) is 0 Å². The fraction of sp³-hybridized carbons (Fsp3) is 0.0952. The molecule has 132 valence electrons. The Bertz CT molecular complexity index is 843. The van der Waals surface area contributed by atoms with Crippen molar-refractivity contribution in [2.24, 2.45) is 0 Å². The Hall–Kier alpha value is -3.47. The molecule has 2 aromatic rings. The fourth-order valence-corrected chi connectivity index (χ4v) is 2.07. The molecule has 0 saturated carbocycles. The SMILES string of the molecule is CC(=O)Oc1ccc(/C=C/C(=O)CC(=O)/C=C/c2ccc(O)cc2)cc1. The molecule has 0 aliphatic carbocycles. The highest BCUT2D eigenvalue weighted by atomic mass is 16.5. The third-order valence-electron chi connectivity index (χ3n) is 3.31. The van der Waals surface area contributed by atoms with Crippen LogP contribution in [-0.2, 0) is 14.4 Å². The molecule has 26 heavy (non-hydrogen) atoms. The Labute approximate surface area is 151 Å². The first kappa shape index (κ1) is 18.9. The third-order valence-corrected chi connectivity index (χ3v) is 3.31. The Morgan fingerprint density at radius 3 is 1.77 bits per heavy atom. The summed E-state index contributed by atoms with van der Waals surface area (Å²) in [6.07, 6.45) is 5.64. The van der Waals surface area contributed by atoms with E-state index in [0.717, 1.165) is 11.1 Å². The van der Waals surface area contributed by atoms with Gasteiger partial charge in [0.05, 0.1) is 6.42 Å². The Morgan fingerprint density at radius 1 is 0.846 bits per heavy atom.